The highest BCUT2D eigenvalue weighted by atomic mass is 35.5. The number of halogens is 1. The van der Waals surface area contributed by atoms with Crippen molar-refractivity contribution < 1.29 is 33.6 Å². The SMILES string of the molecule is CCC[C@H](NC(=O)[C@@H]1C[C@]2(C=C(c3cccc(Cl)c3)NO2)CN1C(=O)[C@@H](NC(=O)NCC(N)=O)C(C)(C)C)C(=O)C(=O)NC1CC1. The average molecular weight is 660 g/mol. The molecule has 0 aromatic heterocycles. The van der Waals surface area contributed by atoms with Gasteiger partial charge in [0.2, 0.25) is 23.5 Å². The smallest absolute Gasteiger partial charge is 0.315 e. The van der Waals surface area contributed by atoms with Gasteiger partial charge in [-0.2, -0.15) is 0 Å². The number of rotatable bonds is 12. The molecule has 46 heavy (non-hydrogen) atoms. The molecule has 1 saturated carbocycles. The molecular weight excluding hydrogens is 618 g/mol. The van der Waals surface area contributed by atoms with E-state index < -0.39 is 71.1 Å². The zero-order valence-electron chi connectivity index (χ0n) is 26.4. The fourth-order valence-electron chi connectivity index (χ4n) is 5.45. The molecule has 2 heterocycles. The maximum atomic E-state index is 14.3. The molecule has 15 heteroatoms. The number of primary amides is 1. The lowest BCUT2D eigenvalue weighted by atomic mass is 9.85. The molecule has 4 atom stereocenters. The first kappa shape index (κ1) is 34.7. The van der Waals surface area contributed by atoms with Crippen molar-refractivity contribution in [3.8, 4) is 0 Å². The second-order valence-electron chi connectivity index (χ2n) is 13.1. The molecule has 1 aromatic carbocycles. The van der Waals surface area contributed by atoms with Gasteiger partial charge >= 0.3 is 6.03 Å². The number of nitrogens with two attached hydrogens (primary N) is 1. The monoisotopic (exact) mass is 659 g/mol. The molecule has 3 aliphatic rings. The Morgan fingerprint density at radius 3 is 2.48 bits per heavy atom. The summed E-state index contributed by atoms with van der Waals surface area (Å²) in [5, 5.41) is 10.8. The minimum Gasteiger partial charge on any atom is -0.368 e. The van der Waals surface area contributed by atoms with E-state index in [0.29, 0.717) is 17.1 Å². The third-order valence-corrected chi connectivity index (χ3v) is 8.24. The molecule has 1 spiro atoms. The normalized spacial score (nSPS) is 21.9. The van der Waals surface area contributed by atoms with Crippen molar-refractivity contribution in [2.75, 3.05) is 13.1 Å². The van der Waals surface area contributed by atoms with Crippen LogP contribution in [0.2, 0.25) is 5.02 Å². The van der Waals surface area contributed by atoms with Gasteiger partial charge < -0.3 is 31.9 Å². The average Bonchev–Trinajstić information content (AvgIpc) is 3.58. The van der Waals surface area contributed by atoms with Crippen LogP contribution >= 0.6 is 11.6 Å². The lowest BCUT2D eigenvalue weighted by Gasteiger charge is -2.35. The van der Waals surface area contributed by atoms with Crippen LogP contribution in [-0.2, 0) is 28.8 Å². The van der Waals surface area contributed by atoms with Gasteiger partial charge in [0.25, 0.3) is 5.91 Å². The van der Waals surface area contributed by atoms with Crippen molar-refractivity contribution in [2.45, 2.75) is 89.6 Å². The van der Waals surface area contributed by atoms with Crippen LogP contribution in [0.15, 0.2) is 30.3 Å². The number of hydroxylamine groups is 1. The van der Waals surface area contributed by atoms with E-state index in [2.05, 4.69) is 26.7 Å². The molecule has 2 aliphatic heterocycles. The number of benzene rings is 1. The maximum Gasteiger partial charge on any atom is 0.315 e. The van der Waals surface area contributed by atoms with Crippen LogP contribution in [0.3, 0.4) is 0 Å². The number of nitrogens with zero attached hydrogens (tertiary/aromatic N) is 1. The summed E-state index contributed by atoms with van der Waals surface area (Å²) in [5.41, 5.74) is 7.36. The van der Waals surface area contributed by atoms with Crippen LogP contribution in [0.1, 0.15) is 65.4 Å². The Labute approximate surface area is 272 Å². The largest absolute Gasteiger partial charge is 0.368 e. The molecule has 0 unspecified atom stereocenters. The number of amides is 6. The summed E-state index contributed by atoms with van der Waals surface area (Å²) >= 11 is 6.19. The molecule has 4 rings (SSSR count). The second-order valence-corrected chi connectivity index (χ2v) is 13.5. The van der Waals surface area contributed by atoms with Gasteiger partial charge in [-0.15, -0.1) is 0 Å². The molecule has 0 radical (unpaired) electrons. The minimum atomic E-state index is -1.15. The molecular formula is C31H42ClN7O7. The minimum absolute atomic E-state index is 0.00762. The van der Waals surface area contributed by atoms with Crippen LogP contribution in [0.25, 0.3) is 5.70 Å². The van der Waals surface area contributed by atoms with Crippen LogP contribution in [0.5, 0.6) is 0 Å². The number of carbonyl (C=O) groups excluding carboxylic acids is 6. The molecule has 2 fully saturated rings. The molecule has 1 aliphatic carbocycles. The fourth-order valence-corrected chi connectivity index (χ4v) is 5.64. The first-order chi connectivity index (χ1) is 21.6. The topological polar surface area (TPSA) is 201 Å². The quantitative estimate of drug-likeness (QED) is 0.178. The van der Waals surface area contributed by atoms with Crippen molar-refractivity contribution >= 4 is 52.7 Å². The zero-order chi connectivity index (χ0) is 33.8. The van der Waals surface area contributed by atoms with Crippen molar-refractivity contribution in [1.82, 2.24) is 31.6 Å². The van der Waals surface area contributed by atoms with Gasteiger partial charge in [-0.05, 0) is 42.9 Å². The Balaban J connectivity index is 1.63. The van der Waals surface area contributed by atoms with Gasteiger partial charge in [0.1, 0.15) is 17.7 Å². The van der Waals surface area contributed by atoms with Crippen LogP contribution < -0.4 is 32.5 Å². The number of hydrogen-bond donors (Lipinski definition) is 6. The second kappa shape index (κ2) is 14.1. The summed E-state index contributed by atoms with van der Waals surface area (Å²) in [4.78, 5) is 85.1. The van der Waals surface area contributed by atoms with E-state index in [1.54, 1.807) is 45.0 Å². The summed E-state index contributed by atoms with van der Waals surface area (Å²) < 4.78 is 0. The number of ketones is 1. The summed E-state index contributed by atoms with van der Waals surface area (Å²) in [5.74, 6) is -3.50. The van der Waals surface area contributed by atoms with Gasteiger partial charge in [0.15, 0.2) is 0 Å². The maximum absolute atomic E-state index is 14.3. The van der Waals surface area contributed by atoms with E-state index in [-0.39, 0.29) is 25.4 Å². The van der Waals surface area contributed by atoms with E-state index in [4.69, 9.17) is 22.2 Å². The first-order valence-electron chi connectivity index (χ1n) is 15.3. The standard InChI is InChI=1S/C31H42ClN7O7/c1-5-7-20(24(41)27(43)35-19-10-11-19)36-26(42)22-14-31(13-21(38-46-31)17-8-6-9-18(32)12-17)16-39(22)28(44)25(30(2,3)4)37-29(45)34-15-23(33)40/h6,8-9,12-13,19-20,22,25,38H,5,7,10-11,14-16H2,1-4H3,(H2,33,40)(H,35,43)(H,36,42)(H2,34,37,45)/t20-,22-,25+,31+/m0/s1. The van der Waals surface area contributed by atoms with Crippen molar-refractivity contribution in [3.63, 3.8) is 0 Å². The van der Waals surface area contributed by atoms with Crippen LogP contribution in [0, 0.1) is 5.41 Å². The predicted octanol–water partition coefficient (Wildman–Crippen LogP) is 0.887. The highest BCUT2D eigenvalue weighted by Gasteiger charge is 2.54. The van der Waals surface area contributed by atoms with E-state index in [1.165, 1.54) is 4.90 Å². The number of carbonyl (C=O) groups is 6. The fraction of sp³-hybridized carbons (Fsp3) is 0.548. The predicted molar refractivity (Wildman–Crippen MR) is 168 cm³/mol. The lowest BCUT2D eigenvalue weighted by Crippen LogP contribution is -2.60. The Bertz CT molecular complexity index is 1420. The van der Waals surface area contributed by atoms with Crippen LogP contribution in [-0.4, -0.2) is 83.2 Å². The molecule has 6 amide bonds. The highest BCUT2D eigenvalue weighted by Crippen LogP contribution is 2.39. The van der Waals surface area contributed by atoms with Gasteiger partial charge in [0, 0.05) is 23.0 Å². The van der Waals surface area contributed by atoms with Crippen molar-refractivity contribution in [3.05, 3.63) is 40.9 Å². The molecule has 1 aromatic rings. The van der Waals surface area contributed by atoms with Gasteiger partial charge in [0.05, 0.1) is 24.8 Å². The third-order valence-electron chi connectivity index (χ3n) is 8.00. The van der Waals surface area contributed by atoms with Crippen molar-refractivity contribution in [1.29, 1.82) is 0 Å². The molecule has 1 saturated heterocycles. The number of urea groups is 1. The van der Waals surface area contributed by atoms with Crippen LogP contribution in [0.4, 0.5) is 4.79 Å². The summed E-state index contributed by atoms with van der Waals surface area (Å²) in [6.07, 6.45) is 4.12. The summed E-state index contributed by atoms with van der Waals surface area (Å²) in [6, 6.07) is 2.87. The number of Topliss-reactive ketones (excluding diaryl/α,β-unsaturated/α-hetero) is 1. The Morgan fingerprint density at radius 1 is 1.15 bits per heavy atom. The van der Waals surface area contributed by atoms with E-state index in [1.807, 2.05) is 13.0 Å². The number of hydrogen-bond acceptors (Lipinski definition) is 8. The Hall–Kier alpha value is -4.17. The first-order valence-corrected chi connectivity index (χ1v) is 15.7. The number of likely N-dealkylation sites (tertiary alicyclic amines) is 1. The van der Waals surface area contributed by atoms with E-state index >= 15 is 0 Å². The van der Waals surface area contributed by atoms with Gasteiger partial charge in [-0.25, -0.2) is 4.79 Å². The molecule has 0 bridgehead atoms. The lowest BCUT2D eigenvalue weighted by molar-refractivity contribution is -0.144. The Morgan fingerprint density at radius 2 is 1.87 bits per heavy atom. The zero-order valence-corrected chi connectivity index (χ0v) is 27.2. The summed E-state index contributed by atoms with van der Waals surface area (Å²) in [6.45, 7) is 6.53. The summed E-state index contributed by atoms with van der Waals surface area (Å²) in [7, 11) is 0. The van der Waals surface area contributed by atoms with E-state index in [9.17, 15) is 28.8 Å². The van der Waals surface area contributed by atoms with Gasteiger partial charge in [-0.1, -0.05) is 57.8 Å². The molecule has 14 nitrogen and oxygen atoms in total. The van der Waals surface area contributed by atoms with Crippen molar-refractivity contribution in [2.24, 2.45) is 11.1 Å². The highest BCUT2D eigenvalue weighted by molar-refractivity contribution is 6.38. The molecule has 7 N–H and O–H groups in total. The molecule has 250 valence electrons. The van der Waals surface area contributed by atoms with E-state index in [0.717, 1.165) is 18.4 Å². The Kier molecular flexibility index (Phi) is 10.6. The third kappa shape index (κ3) is 8.55. The van der Waals surface area contributed by atoms with Gasteiger partial charge in [-0.3, -0.25) is 34.3 Å². The number of nitrogens with one attached hydrogen (secondary N) is 5.